The molecule has 1 aliphatic rings. The minimum absolute atomic E-state index is 0.271. The summed E-state index contributed by atoms with van der Waals surface area (Å²) < 4.78 is 27.3. The van der Waals surface area contributed by atoms with Crippen molar-refractivity contribution in [1.29, 1.82) is 0 Å². The molecule has 96 valence electrons. The minimum atomic E-state index is -2.86. The zero-order valence-corrected chi connectivity index (χ0v) is 10.7. The van der Waals surface area contributed by atoms with E-state index in [1.807, 2.05) is 13.8 Å². The maximum atomic E-state index is 13.6. The molecule has 0 fully saturated rings. The lowest BCUT2D eigenvalue weighted by atomic mass is 9.90. The summed E-state index contributed by atoms with van der Waals surface area (Å²) in [5.41, 5.74) is 5.72. The Hall–Kier alpha value is -0.800. The summed E-state index contributed by atoms with van der Waals surface area (Å²) in [5.74, 6) is -3.52. The molecule has 0 saturated carbocycles. The van der Waals surface area contributed by atoms with Gasteiger partial charge in [0.15, 0.2) is 0 Å². The van der Waals surface area contributed by atoms with E-state index in [9.17, 15) is 8.78 Å². The zero-order chi connectivity index (χ0) is 12.8. The number of nitrogens with two attached hydrogens (primary N) is 1. The molecule has 3 N–H and O–H groups in total. The molecule has 0 amide bonds. The standard InChI is InChI=1S/C10H18F2N2.C2H6/c1-7-5-3-4-6-8(14-2)9(13)10(7,11)12;1-2/h7,14H,3-6,13H2,1-2H3;1-2H3/b9-8-;. The van der Waals surface area contributed by atoms with Gasteiger partial charge in [-0.3, -0.25) is 0 Å². The van der Waals surface area contributed by atoms with Crippen molar-refractivity contribution in [2.45, 2.75) is 52.4 Å². The van der Waals surface area contributed by atoms with Crippen LogP contribution in [0.1, 0.15) is 46.5 Å². The average Bonchev–Trinajstić information content (AvgIpc) is 2.29. The van der Waals surface area contributed by atoms with Gasteiger partial charge in [0.2, 0.25) is 0 Å². The molecule has 4 heteroatoms. The first-order chi connectivity index (χ1) is 7.50. The van der Waals surface area contributed by atoms with Crippen LogP contribution < -0.4 is 11.1 Å². The summed E-state index contributed by atoms with van der Waals surface area (Å²) in [7, 11) is 1.64. The lowest BCUT2D eigenvalue weighted by Gasteiger charge is -2.28. The molecule has 0 aliphatic heterocycles. The fourth-order valence-corrected chi connectivity index (χ4v) is 1.79. The molecule has 1 aliphatic carbocycles. The molecule has 1 rings (SSSR count). The number of hydrogen-bond donors (Lipinski definition) is 2. The highest BCUT2D eigenvalue weighted by Crippen LogP contribution is 2.36. The van der Waals surface area contributed by atoms with Crippen LogP contribution in [0.25, 0.3) is 0 Å². The number of alkyl halides is 2. The van der Waals surface area contributed by atoms with E-state index in [-0.39, 0.29) is 5.70 Å². The van der Waals surface area contributed by atoms with Crippen LogP contribution in [0, 0.1) is 5.92 Å². The molecule has 0 spiro atoms. The van der Waals surface area contributed by atoms with Crippen LogP contribution in [0.2, 0.25) is 0 Å². The molecular weight excluding hydrogens is 210 g/mol. The second-order valence-electron chi connectivity index (χ2n) is 3.91. The van der Waals surface area contributed by atoms with E-state index in [4.69, 9.17) is 5.73 Å². The molecule has 1 unspecified atom stereocenters. The Balaban J connectivity index is 0.00000106. The zero-order valence-electron chi connectivity index (χ0n) is 10.7. The first-order valence-electron chi connectivity index (χ1n) is 6.04. The second kappa shape index (κ2) is 6.71. The Bertz CT molecular complexity index is 237. The van der Waals surface area contributed by atoms with Gasteiger partial charge in [0.25, 0.3) is 5.92 Å². The van der Waals surface area contributed by atoms with Crippen LogP contribution >= 0.6 is 0 Å². The van der Waals surface area contributed by atoms with Gasteiger partial charge >= 0.3 is 0 Å². The summed E-state index contributed by atoms with van der Waals surface area (Å²) in [5, 5.41) is 2.77. The third kappa shape index (κ3) is 3.35. The van der Waals surface area contributed by atoms with E-state index in [0.717, 1.165) is 12.8 Å². The molecule has 0 heterocycles. The van der Waals surface area contributed by atoms with E-state index in [1.165, 1.54) is 0 Å². The second-order valence-corrected chi connectivity index (χ2v) is 3.91. The molecule has 1 atom stereocenters. The molecule has 2 nitrogen and oxygen atoms in total. The van der Waals surface area contributed by atoms with Gasteiger partial charge in [-0.15, -0.1) is 0 Å². The summed E-state index contributed by atoms with van der Waals surface area (Å²) in [4.78, 5) is 0. The molecule has 0 aromatic heterocycles. The van der Waals surface area contributed by atoms with Gasteiger partial charge in [-0.1, -0.05) is 27.2 Å². The maximum Gasteiger partial charge on any atom is 0.291 e. The number of halogens is 2. The minimum Gasteiger partial charge on any atom is -0.396 e. The van der Waals surface area contributed by atoms with Gasteiger partial charge in [-0.05, 0) is 19.3 Å². The van der Waals surface area contributed by atoms with Crippen LogP contribution in [0.5, 0.6) is 0 Å². The number of hydrogen-bond acceptors (Lipinski definition) is 2. The van der Waals surface area contributed by atoms with Crippen LogP contribution in [-0.4, -0.2) is 13.0 Å². The molecule has 0 bridgehead atoms. The fourth-order valence-electron chi connectivity index (χ4n) is 1.79. The monoisotopic (exact) mass is 234 g/mol. The third-order valence-electron chi connectivity index (χ3n) is 2.92. The van der Waals surface area contributed by atoms with Gasteiger partial charge in [-0.25, -0.2) is 0 Å². The Morgan fingerprint density at radius 2 is 1.88 bits per heavy atom. The lowest BCUT2D eigenvalue weighted by Crippen LogP contribution is -2.37. The summed E-state index contributed by atoms with van der Waals surface area (Å²) in [6, 6.07) is 0. The Kier molecular flexibility index (Phi) is 6.38. The van der Waals surface area contributed by atoms with Gasteiger partial charge in [0.1, 0.15) is 0 Å². The molecule has 0 aromatic rings. The van der Waals surface area contributed by atoms with Gasteiger partial charge < -0.3 is 11.1 Å². The highest BCUT2D eigenvalue weighted by molar-refractivity contribution is 5.18. The Morgan fingerprint density at radius 1 is 1.31 bits per heavy atom. The van der Waals surface area contributed by atoms with Crippen LogP contribution in [0.4, 0.5) is 8.78 Å². The number of rotatable bonds is 1. The Labute approximate surface area is 97.3 Å². The normalized spacial score (nSPS) is 29.5. The molecular formula is C12H24F2N2. The van der Waals surface area contributed by atoms with E-state index >= 15 is 0 Å². The number of allylic oxidation sites excluding steroid dienone is 2. The first kappa shape index (κ1) is 15.2. The molecule has 0 aromatic carbocycles. The summed E-state index contributed by atoms with van der Waals surface area (Å²) in [6.45, 7) is 5.56. The van der Waals surface area contributed by atoms with Gasteiger partial charge in [-0.2, -0.15) is 8.78 Å². The molecule has 0 radical (unpaired) electrons. The van der Waals surface area contributed by atoms with E-state index in [0.29, 0.717) is 18.5 Å². The van der Waals surface area contributed by atoms with E-state index in [1.54, 1.807) is 14.0 Å². The SMILES string of the molecule is CC.CN/C1=C(\N)C(F)(F)C(C)CCCC1. The quantitative estimate of drug-likeness (QED) is 0.731. The van der Waals surface area contributed by atoms with Crippen molar-refractivity contribution in [3.05, 3.63) is 11.4 Å². The van der Waals surface area contributed by atoms with Gasteiger partial charge in [0.05, 0.1) is 5.70 Å². The van der Waals surface area contributed by atoms with Crippen molar-refractivity contribution in [3.8, 4) is 0 Å². The van der Waals surface area contributed by atoms with Crippen LogP contribution in [-0.2, 0) is 0 Å². The van der Waals surface area contributed by atoms with Gasteiger partial charge in [0, 0.05) is 18.7 Å². The highest BCUT2D eigenvalue weighted by Gasteiger charge is 2.41. The third-order valence-corrected chi connectivity index (χ3v) is 2.92. The first-order valence-corrected chi connectivity index (χ1v) is 6.04. The lowest BCUT2D eigenvalue weighted by molar-refractivity contribution is -0.0223. The fraction of sp³-hybridized carbons (Fsp3) is 0.833. The average molecular weight is 234 g/mol. The van der Waals surface area contributed by atoms with Crippen LogP contribution in [0.3, 0.4) is 0 Å². The van der Waals surface area contributed by atoms with Crippen molar-refractivity contribution in [2.24, 2.45) is 11.7 Å². The summed E-state index contributed by atoms with van der Waals surface area (Å²) >= 11 is 0. The molecule has 0 saturated heterocycles. The number of nitrogens with one attached hydrogen (secondary N) is 1. The molecule has 16 heavy (non-hydrogen) atoms. The van der Waals surface area contributed by atoms with E-state index < -0.39 is 11.8 Å². The van der Waals surface area contributed by atoms with E-state index in [2.05, 4.69) is 5.32 Å². The van der Waals surface area contributed by atoms with Crippen molar-refractivity contribution in [1.82, 2.24) is 5.32 Å². The predicted octanol–water partition coefficient (Wildman–Crippen LogP) is 3.25. The van der Waals surface area contributed by atoms with Crippen molar-refractivity contribution < 1.29 is 8.78 Å². The predicted molar refractivity (Wildman–Crippen MR) is 64.2 cm³/mol. The van der Waals surface area contributed by atoms with Crippen molar-refractivity contribution in [3.63, 3.8) is 0 Å². The van der Waals surface area contributed by atoms with Crippen LogP contribution in [0.15, 0.2) is 11.4 Å². The smallest absolute Gasteiger partial charge is 0.291 e. The Morgan fingerprint density at radius 3 is 2.38 bits per heavy atom. The summed E-state index contributed by atoms with van der Waals surface area (Å²) in [6.07, 6.45) is 2.95. The maximum absolute atomic E-state index is 13.6. The topological polar surface area (TPSA) is 38.0 Å². The van der Waals surface area contributed by atoms with Crippen molar-refractivity contribution in [2.75, 3.05) is 7.05 Å². The van der Waals surface area contributed by atoms with Crippen molar-refractivity contribution >= 4 is 0 Å². The highest BCUT2D eigenvalue weighted by atomic mass is 19.3. The largest absolute Gasteiger partial charge is 0.396 e.